The van der Waals surface area contributed by atoms with Gasteiger partial charge in [-0.15, -0.1) is 0 Å². The third-order valence-electron chi connectivity index (χ3n) is 0.667. The lowest BCUT2D eigenvalue weighted by molar-refractivity contribution is 0.218. The standard InChI is InChI=1S/C5H12OS2/c1-6-2-4-8-5-3-7/h7H,2-5H2,1H3. The Kier molecular flexibility index (Phi) is 8.29. The average Bonchev–Trinajstić information content (AvgIpc) is 1.81. The van der Waals surface area contributed by atoms with E-state index in [9.17, 15) is 0 Å². The first kappa shape index (κ1) is 8.66. The highest BCUT2D eigenvalue weighted by molar-refractivity contribution is 8.00. The minimum Gasteiger partial charge on any atom is -0.384 e. The van der Waals surface area contributed by atoms with Gasteiger partial charge in [0.15, 0.2) is 0 Å². The van der Waals surface area contributed by atoms with E-state index in [1.807, 2.05) is 11.8 Å². The first-order chi connectivity index (χ1) is 3.91. The van der Waals surface area contributed by atoms with Crippen molar-refractivity contribution in [2.45, 2.75) is 0 Å². The Hall–Kier alpha value is 0.660. The van der Waals surface area contributed by atoms with Gasteiger partial charge in [-0.05, 0) is 5.75 Å². The zero-order valence-electron chi connectivity index (χ0n) is 5.09. The van der Waals surface area contributed by atoms with Crippen molar-refractivity contribution in [1.29, 1.82) is 0 Å². The molecule has 0 aromatic carbocycles. The van der Waals surface area contributed by atoms with E-state index in [-0.39, 0.29) is 0 Å². The number of rotatable bonds is 5. The molecule has 0 atom stereocenters. The summed E-state index contributed by atoms with van der Waals surface area (Å²) in [5.41, 5.74) is 0. The number of hydrogen-bond acceptors (Lipinski definition) is 3. The minimum absolute atomic E-state index is 0.860. The smallest absolute Gasteiger partial charge is 0.0552 e. The Balaban J connectivity index is 2.53. The second-order valence-electron chi connectivity index (χ2n) is 1.33. The number of ether oxygens (including phenoxy) is 1. The van der Waals surface area contributed by atoms with Gasteiger partial charge in [-0.3, -0.25) is 0 Å². The molecule has 0 saturated heterocycles. The van der Waals surface area contributed by atoms with E-state index in [1.54, 1.807) is 7.11 Å². The molecule has 0 spiro atoms. The van der Waals surface area contributed by atoms with Gasteiger partial charge in [-0.2, -0.15) is 24.4 Å². The van der Waals surface area contributed by atoms with E-state index in [2.05, 4.69) is 12.6 Å². The molecule has 0 aromatic heterocycles. The third-order valence-corrected chi connectivity index (χ3v) is 2.14. The van der Waals surface area contributed by atoms with E-state index in [4.69, 9.17) is 4.74 Å². The molecule has 0 aromatic rings. The maximum Gasteiger partial charge on any atom is 0.0552 e. The molecule has 0 aliphatic rings. The van der Waals surface area contributed by atoms with E-state index in [1.165, 1.54) is 0 Å². The second-order valence-corrected chi connectivity index (χ2v) is 3.00. The molecule has 0 unspecified atom stereocenters. The molecule has 1 nitrogen and oxygen atoms in total. The average molecular weight is 152 g/mol. The van der Waals surface area contributed by atoms with Gasteiger partial charge in [0.2, 0.25) is 0 Å². The lowest BCUT2D eigenvalue weighted by Crippen LogP contribution is -1.92. The summed E-state index contributed by atoms with van der Waals surface area (Å²) < 4.78 is 4.84. The highest BCUT2D eigenvalue weighted by Gasteiger charge is 1.83. The number of thiol groups is 1. The van der Waals surface area contributed by atoms with Crippen LogP contribution < -0.4 is 0 Å². The van der Waals surface area contributed by atoms with Crippen LogP contribution in [0.3, 0.4) is 0 Å². The lowest BCUT2D eigenvalue weighted by atomic mass is 10.9. The van der Waals surface area contributed by atoms with Gasteiger partial charge in [0.05, 0.1) is 6.61 Å². The molecule has 50 valence electrons. The van der Waals surface area contributed by atoms with Gasteiger partial charge in [0.1, 0.15) is 0 Å². The molecule has 0 saturated carbocycles. The van der Waals surface area contributed by atoms with Crippen molar-refractivity contribution in [2.75, 3.05) is 31.0 Å². The van der Waals surface area contributed by atoms with Crippen molar-refractivity contribution in [2.24, 2.45) is 0 Å². The van der Waals surface area contributed by atoms with Crippen molar-refractivity contribution in [3.63, 3.8) is 0 Å². The number of thioether (sulfide) groups is 1. The summed E-state index contributed by atoms with van der Waals surface area (Å²) in [6.45, 7) is 0.860. The van der Waals surface area contributed by atoms with E-state index >= 15 is 0 Å². The number of methoxy groups -OCH3 is 1. The Morgan fingerprint density at radius 2 is 2.25 bits per heavy atom. The molecule has 0 rings (SSSR count). The van der Waals surface area contributed by atoms with Crippen LogP contribution in [0.5, 0.6) is 0 Å². The predicted octanol–water partition coefficient (Wildman–Crippen LogP) is 1.30. The SMILES string of the molecule is COCCSCCS. The Bertz CT molecular complexity index is 35.4. The van der Waals surface area contributed by atoms with Crippen LogP contribution in [0.1, 0.15) is 0 Å². The van der Waals surface area contributed by atoms with E-state index in [0.29, 0.717) is 0 Å². The monoisotopic (exact) mass is 152 g/mol. The fourth-order valence-corrected chi connectivity index (χ4v) is 1.31. The summed E-state index contributed by atoms with van der Waals surface area (Å²) in [4.78, 5) is 0. The van der Waals surface area contributed by atoms with Crippen molar-refractivity contribution in [1.82, 2.24) is 0 Å². The van der Waals surface area contributed by atoms with E-state index in [0.717, 1.165) is 23.9 Å². The van der Waals surface area contributed by atoms with Crippen molar-refractivity contribution < 1.29 is 4.74 Å². The fraction of sp³-hybridized carbons (Fsp3) is 1.00. The molecule has 0 bridgehead atoms. The van der Waals surface area contributed by atoms with Crippen LogP contribution in [0.15, 0.2) is 0 Å². The summed E-state index contributed by atoms with van der Waals surface area (Å²) >= 11 is 5.94. The molecule has 0 N–H and O–H groups in total. The molecule has 0 radical (unpaired) electrons. The van der Waals surface area contributed by atoms with Crippen LogP contribution in [0.25, 0.3) is 0 Å². The predicted molar refractivity (Wildman–Crippen MR) is 43.1 cm³/mol. The normalized spacial score (nSPS) is 9.75. The Morgan fingerprint density at radius 1 is 1.50 bits per heavy atom. The molecule has 8 heavy (non-hydrogen) atoms. The van der Waals surface area contributed by atoms with Gasteiger partial charge in [-0.25, -0.2) is 0 Å². The highest BCUT2D eigenvalue weighted by Crippen LogP contribution is 1.98. The highest BCUT2D eigenvalue weighted by atomic mass is 32.2. The number of hydrogen-bond donors (Lipinski definition) is 1. The van der Waals surface area contributed by atoms with Crippen molar-refractivity contribution in [3.8, 4) is 0 Å². The maximum atomic E-state index is 4.84. The van der Waals surface area contributed by atoms with Crippen LogP contribution in [0.2, 0.25) is 0 Å². The van der Waals surface area contributed by atoms with Gasteiger partial charge >= 0.3 is 0 Å². The quantitative estimate of drug-likeness (QED) is 0.469. The summed E-state index contributed by atoms with van der Waals surface area (Å²) in [6, 6.07) is 0. The van der Waals surface area contributed by atoms with Gasteiger partial charge in [0.25, 0.3) is 0 Å². The molecule has 0 heterocycles. The largest absolute Gasteiger partial charge is 0.384 e. The molecular weight excluding hydrogens is 140 g/mol. The van der Waals surface area contributed by atoms with E-state index < -0.39 is 0 Å². The molecular formula is C5H12OS2. The summed E-state index contributed by atoms with van der Waals surface area (Å²) in [6.07, 6.45) is 0. The summed E-state index contributed by atoms with van der Waals surface area (Å²) in [5.74, 6) is 3.19. The lowest BCUT2D eigenvalue weighted by Gasteiger charge is -1.95. The topological polar surface area (TPSA) is 9.23 Å². The van der Waals surface area contributed by atoms with Crippen LogP contribution in [0, 0.1) is 0 Å². The Morgan fingerprint density at radius 3 is 2.75 bits per heavy atom. The fourth-order valence-electron chi connectivity index (χ4n) is 0.309. The van der Waals surface area contributed by atoms with Crippen LogP contribution >= 0.6 is 24.4 Å². The second kappa shape index (κ2) is 7.66. The molecule has 3 heteroatoms. The first-order valence-corrected chi connectivity index (χ1v) is 4.38. The first-order valence-electron chi connectivity index (χ1n) is 2.59. The van der Waals surface area contributed by atoms with Crippen LogP contribution in [0.4, 0.5) is 0 Å². The van der Waals surface area contributed by atoms with Gasteiger partial charge < -0.3 is 4.74 Å². The zero-order chi connectivity index (χ0) is 6.24. The summed E-state index contributed by atoms with van der Waals surface area (Å²) in [5, 5.41) is 0. The molecule has 0 aliphatic heterocycles. The minimum atomic E-state index is 0.860. The maximum absolute atomic E-state index is 4.84. The third kappa shape index (κ3) is 6.66. The molecule has 0 fully saturated rings. The van der Waals surface area contributed by atoms with Gasteiger partial charge in [-0.1, -0.05) is 0 Å². The van der Waals surface area contributed by atoms with Crippen molar-refractivity contribution >= 4 is 24.4 Å². The summed E-state index contributed by atoms with van der Waals surface area (Å²) in [7, 11) is 1.72. The Labute approximate surface area is 60.6 Å². The molecule has 0 aliphatic carbocycles. The van der Waals surface area contributed by atoms with Crippen LogP contribution in [-0.2, 0) is 4.74 Å². The zero-order valence-corrected chi connectivity index (χ0v) is 6.80. The van der Waals surface area contributed by atoms with Gasteiger partial charge in [0, 0.05) is 18.6 Å². The van der Waals surface area contributed by atoms with Crippen LogP contribution in [-0.4, -0.2) is 31.0 Å². The van der Waals surface area contributed by atoms with Crippen molar-refractivity contribution in [3.05, 3.63) is 0 Å². The molecule has 0 amide bonds.